The number of fused-ring (bicyclic) bond motifs is 1. The van der Waals surface area contributed by atoms with Crippen LogP contribution in [0.1, 0.15) is 34.9 Å². The van der Waals surface area contributed by atoms with Crippen LogP contribution in [0, 0.1) is 6.92 Å². The lowest BCUT2D eigenvalue weighted by Gasteiger charge is -2.34. The second kappa shape index (κ2) is 4.46. The summed E-state index contributed by atoms with van der Waals surface area (Å²) in [7, 11) is 0. The van der Waals surface area contributed by atoms with Crippen molar-refractivity contribution in [3.8, 4) is 0 Å². The van der Waals surface area contributed by atoms with Crippen LogP contribution >= 0.6 is 11.6 Å². The Morgan fingerprint density at radius 2 is 2.11 bits per heavy atom. The highest BCUT2D eigenvalue weighted by Crippen LogP contribution is 2.29. The summed E-state index contributed by atoms with van der Waals surface area (Å²) in [6.07, 6.45) is 0. The van der Waals surface area contributed by atoms with Crippen molar-refractivity contribution in [2.24, 2.45) is 0 Å². The second-order valence-corrected chi connectivity index (χ2v) is 5.20. The molecule has 3 rings (SSSR count). The Morgan fingerprint density at radius 3 is 2.79 bits per heavy atom. The fraction of sp³-hybridized carbons (Fsp3) is 0.357. The summed E-state index contributed by atoms with van der Waals surface area (Å²) in [4.78, 5) is 14.2. The van der Waals surface area contributed by atoms with E-state index in [0.29, 0.717) is 12.3 Å². The molecule has 0 fully saturated rings. The summed E-state index contributed by atoms with van der Waals surface area (Å²) in [5, 5.41) is 0.243. The van der Waals surface area contributed by atoms with Gasteiger partial charge in [-0.25, -0.2) is 0 Å². The van der Waals surface area contributed by atoms with E-state index in [1.165, 1.54) is 5.69 Å². The molecule has 1 aliphatic rings. The van der Waals surface area contributed by atoms with Gasteiger partial charge in [0.15, 0.2) is 11.0 Å². The summed E-state index contributed by atoms with van der Waals surface area (Å²) in [6.45, 7) is 5.62. The van der Waals surface area contributed by atoms with E-state index in [0.717, 1.165) is 12.2 Å². The van der Waals surface area contributed by atoms with E-state index < -0.39 is 0 Å². The number of aryl methyl sites for hydroxylation is 1. The van der Waals surface area contributed by atoms with Crippen molar-refractivity contribution >= 4 is 17.5 Å². The predicted octanol–water partition coefficient (Wildman–Crippen LogP) is 3.26. The van der Waals surface area contributed by atoms with Gasteiger partial charge < -0.3 is 13.9 Å². The molecule has 4 nitrogen and oxygen atoms in total. The van der Waals surface area contributed by atoms with Crippen molar-refractivity contribution in [1.29, 1.82) is 0 Å². The zero-order valence-electron chi connectivity index (χ0n) is 10.9. The second-order valence-electron chi connectivity index (χ2n) is 4.83. The Morgan fingerprint density at radius 1 is 1.32 bits per heavy atom. The van der Waals surface area contributed by atoms with Crippen molar-refractivity contribution in [3.63, 3.8) is 0 Å². The molecule has 2 aromatic rings. The van der Waals surface area contributed by atoms with Gasteiger partial charge in [-0.05, 0) is 49.7 Å². The highest BCUT2D eigenvalue weighted by atomic mass is 35.5. The van der Waals surface area contributed by atoms with E-state index in [2.05, 4.69) is 23.6 Å². The maximum absolute atomic E-state index is 12.4. The van der Waals surface area contributed by atoms with E-state index in [1.807, 2.05) is 11.8 Å². The Bertz CT molecular complexity index is 629. The third kappa shape index (κ3) is 1.96. The largest absolute Gasteiger partial charge is 0.440 e. The lowest BCUT2D eigenvalue weighted by molar-refractivity contribution is 0.0610. The van der Waals surface area contributed by atoms with E-state index in [1.54, 1.807) is 12.1 Å². The lowest BCUT2D eigenvalue weighted by atomic mass is 10.1. The van der Waals surface area contributed by atoms with Crippen LogP contribution < -0.4 is 0 Å². The zero-order valence-corrected chi connectivity index (χ0v) is 11.6. The first-order valence-electron chi connectivity index (χ1n) is 6.30. The number of amides is 1. The smallest absolute Gasteiger partial charge is 0.290 e. The first-order chi connectivity index (χ1) is 9.08. The molecule has 0 spiro atoms. The van der Waals surface area contributed by atoms with Gasteiger partial charge in [0, 0.05) is 24.5 Å². The van der Waals surface area contributed by atoms with Gasteiger partial charge in [-0.15, -0.1) is 0 Å². The highest BCUT2D eigenvalue weighted by Gasteiger charge is 2.30. The molecule has 0 aliphatic carbocycles. The molecule has 1 atom stereocenters. The average molecular weight is 279 g/mol. The molecule has 1 aliphatic heterocycles. The molecule has 100 valence electrons. The van der Waals surface area contributed by atoms with Gasteiger partial charge >= 0.3 is 0 Å². The zero-order chi connectivity index (χ0) is 13.6. The number of halogens is 1. The van der Waals surface area contributed by atoms with Crippen molar-refractivity contribution < 1.29 is 9.21 Å². The lowest BCUT2D eigenvalue weighted by Crippen LogP contribution is -2.40. The fourth-order valence-electron chi connectivity index (χ4n) is 2.67. The molecule has 3 heterocycles. The number of nitrogens with zero attached hydrogens (tertiary/aromatic N) is 2. The number of carbonyl (C=O) groups is 1. The van der Waals surface area contributed by atoms with Crippen LogP contribution in [0.5, 0.6) is 0 Å². The minimum atomic E-state index is -0.107. The first kappa shape index (κ1) is 12.4. The number of carbonyl (C=O) groups excluding carboxylic acids is 1. The molecule has 0 bridgehead atoms. The molecular weight excluding hydrogens is 264 g/mol. The monoisotopic (exact) mass is 278 g/mol. The maximum atomic E-state index is 12.4. The SMILES string of the molecule is Cc1ccc2n1CCN(C(=O)c1ccc(Cl)o1)C2C. The number of hydrogen-bond donors (Lipinski definition) is 0. The van der Waals surface area contributed by atoms with Crippen molar-refractivity contribution in [2.45, 2.75) is 26.4 Å². The molecule has 0 aromatic carbocycles. The Labute approximate surface area is 116 Å². The molecule has 2 aromatic heterocycles. The molecule has 0 radical (unpaired) electrons. The van der Waals surface area contributed by atoms with Crippen molar-refractivity contribution in [3.05, 3.63) is 46.6 Å². The molecule has 0 N–H and O–H groups in total. The molecule has 19 heavy (non-hydrogen) atoms. The van der Waals surface area contributed by atoms with Crippen LogP contribution in [-0.4, -0.2) is 21.9 Å². The average Bonchev–Trinajstić information content (AvgIpc) is 2.97. The Balaban J connectivity index is 1.90. The Kier molecular flexibility index (Phi) is 2.90. The molecule has 0 saturated carbocycles. The summed E-state index contributed by atoms with van der Waals surface area (Å²) in [5.41, 5.74) is 2.39. The van der Waals surface area contributed by atoms with Gasteiger partial charge in [0.1, 0.15) is 0 Å². The molecule has 1 unspecified atom stereocenters. The number of hydrogen-bond acceptors (Lipinski definition) is 2. The molecule has 5 heteroatoms. The van der Waals surface area contributed by atoms with E-state index in [4.69, 9.17) is 16.0 Å². The van der Waals surface area contributed by atoms with Crippen LogP contribution in [0.4, 0.5) is 0 Å². The Hall–Kier alpha value is -1.68. The topological polar surface area (TPSA) is 38.4 Å². The quantitative estimate of drug-likeness (QED) is 0.803. The van der Waals surface area contributed by atoms with Gasteiger partial charge in [0.2, 0.25) is 0 Å². The van der Waals surface area contributed by atoms with Gasteiger partial charge in [-0.1, -0.05) is 0 Å². The standard InChI is InChI=1S/C14H15ClN2O2/c1-9-3-4-11-10(2)17(8-7-16(9)11)14(18)12-5-6-13(15)19-12/h3-6,10H,7-8H2,1-2H3. The van der Waals surface area contributed by atoms with Crippen LogP contribution in [-0.2, 0) is 6.54 Å². The van der Waals surface area contributed by atoms with Crippen LogP contribution in [0.2, 0.25) is 5.22 Å². The molecule has 0 saturated heterocycles. The van der Waals surface area contributed by atoms with Crippen molar-refractivity contribution in [1.82, 2.24) is 9.47 Å². The predicted molar refractivity (Wildman–Crippen MR) is 72.3 cm³/mol. The first-order valence-corrected chi connectivity index (χ1v) is 6.68. The highest BCUT2D eigenvalue weighted by molar-refractivity contribution is 6.29. The van der Waals surface area contributed by atoms with E-state index in [-0.39, 0.29) is 17.2 Å². The summed E-state index contributed by atoms with van der Waals surface area (Å²) in [5.74, 6) is 0.193. The minimum Gasteiger partial charge on any atom is -0.440 e. The normalized spacial score (nSPS) is 18.5. The number of rotatable bonds is 1. The summed E-state index contributed by atoms with van der Waals surface area (Å²) >= 11 is 5.72. The van der Waals surface area contributed by atoms with Gasteiger partial charge in [-0.2, -0.15) is 0 Å². The van der Waals surface area contributed by atoms with Gasteiger partial charge in [0.25, 0.3) is 5.91 Å². The van der Waals surface area contributed by atoms with Crippen LogP contribution in [0.25, 0.3) is 0 Å². The van der Waals surface area contributed by atoms with Crippen molar-refractivity contribution in [2.75, 3.05) is 6.54 Å². The van der Waals surface area contributed by atoms with Crippen LogP contribution in [0.3, 0.4) is 0 Å². The molecule has 1 amide bonds. The van der Waals surface area contributed by atoms with E-state index >= 15 is 0 Å². The summed E-state index contributed by atoms with van der Waals surface area (Å²) in [6, 6.07) is 7.42. The van der Waals surface area contributed by atoms with Crippen LogP contribution in [0.15, 0.2) is 28.7 Å². The van der Waals surface area contributed by atoms with Gasteiger partial charge in [-0.3, -0.25) is 4.79 Å². The third-order valence-electron chi connectivity index (χ3n) is 3.74. The van der Waals surface area contributed by atoms with E-state index in [9.17, 15) is 4.79 Å². The fourth-order valence-corrected chi connectivity index (χ4v) is 2.82. The third-order valence-corrected chi connectivity index (χ3v) is 3.94. The minimum absolute atomic E-state index is 0.0406. The van der Waals surface area contributed by atoms with Gasteiger partial charge in [0.05, 0.1) is 6.04 Å². The molecular formula is C14H15ClN2O2. The number of furan rings is 1. The summed E-state index contributed by atoms with van der Waals surface area (Å²) < 4.78 is 7.46. The maximum Gasteiger partial charge on any atom is 0.290 e. The number of aromatic nitrogens is 1.